The molecule has 246 valence electrons. The van der Waals surface area contributed by atoms with Gasteiger partial charge in [0.25, 0.3) is 0 Å². The standard InChI is InChI=1S/C37H43FN6O3/c1-42-17-19-44(20-18-42)24-33(45)43(2)30-14-12-29(13-15-30)40-35(34-31-16-11-28(38)22-32(31)41-37(34)47)27-10-6-7-25(21-27)23-39-36(46)26-8-4-3-5-9-26/h6-7,10-16,21-22,26,34H,3-5,8-9,17-20,23-24H2,1-2H3,(H,39,46)(H,41,47). The van der Waals surface area contributed by atoms with Gasteiger partial charge >= 0.3 is 0 Å². The van der Waals surface area contributed by atoms with Crippen molar-refractivity contribution in [1.29, 1.82) is 0 Å². The molecule has 1 aliphatic carbocycles. The number of anilines is 2. The van der Waals surface area contributed by atoms with Gasteiger partial charge in [-0.05, 0) is 79.0 Å². The normalized spacial score (nSPS) is 19.3. The molecule has 3 aliphatic rings. The second-order valence-electron chi connectivity index (χ2n) is 13.0. The maximum Gasteiger partial charge on any atom is 0.240 e. The molecule has 3 amide bonds. The Morgan fingerprint density at radius 1 is 0.979 bits per heavy atom. The summed E-state index contributed by atoms with van der Waals surface area (Å²) in [5.74, 6) is -1.31. The van der Waals surface area contributed by atoms with Gasteiger partial charge in [0.2, 0.25) is 17.7 Å². The maximum atomic E-state index is 14.1. The summed E-state index contributed by atoms with van der Waals surface area (Å²) in [5.41, 5.74) is 4.59. The van der Waals surface area contributed by atoms with Crippen LogP contribution in [0.3, 0.4) is 0 Å². The lowest BCUT2D eigenvalue weighted by Gasteiger charge is -2.32. The van der Waals surface area contributed by atoms with Gasteiger partial charge in [-0.2, -0.15) is 0 Å². The van der Waals surface area contributed by atoms with Crippen molar-refractivity contribution in [3.63, 3.8) is 0 Å². The number of fused-ring (bicyclic) bond motifs is 1. The van der Waals surface area contributed by atoms with Gasteiger partial charge in [0.15, 0.2) is 0 Å². The topological polar surface area (TPSA) is 97.3 Å². The first-order valence-corrected chi connectivity index (χ1v) is 16.6. The first-order chi connectivity index (χ1) is 22.7. The molecule has 3 aromatic rings. The molecule has 10 heteroatoms. The Balaban J connectivity index is 1.25. The van der Waals surface area contributed by atoms with Crippen LogP contribution in [0.15, 0.2) is 71.7 Å². The van der Waals surface area contributed by atoms with E-state index in [9.17, 15) is 18.8 Å². The van der Waals surface area contributed by atoms with E-state index in [1.165, 1.54) is 18.6 Å². The van der Waals surface area contributed by atoms with E-state index < -0.39 is 11.7 Å². The minimum absolute atomic E-state index is 0.0188. The largest absolute Gasteiger partial charge is 0.352 e. The molecule has 1 saturated carbocycles. The molecule has 2 N–H and O–H groups in total. The number of piperazine rings is 1. The summed E-state index contributed by atoms with van der Waals surface area (Å²) in [6, 6.07) is 19.4. The number of benzene rings is 3. The molecule has 0 spiro atoms. The third kappa shape index (κ3) is 7.77. The number of carbonyl (C=O) groups is 3. The van der Waals surface area contributed by atoms with E-state index in [0.29, 0.717) is 35.7 Å². The Bertz CT molecular complexity index is 1640. The quantitative estimate of drug-likeness (QED) is 0.319. The van der Waals surface area contributed by atoms with E-state index in [2.05, 4.69) is 27.5 Å². The molecule has 1 atom stereocenters. The third-order valence-corrected chi connectivity index (χ3v) is 9.60. The number of amides is 3. The Kier molecular flexibility index (Phi) is 10.1. The lowest BCUT2D eigenvalue weighted by molar-refractivity contribution is -0.126. The Morgan fingerprint density at radius 2 is 1.72 bits per heavy atom. The molecular weight excluding hydrogens is 595 g/mol. The smallest absolute Gasteiger partial charge is 0.240 e. The van der Waals surface area contributed by atoms with E-state index in [1.54, 1.807) is 18.0 Å². The Morgan fingerprint density at radius 3 is 2.47 bits per heavy atom. The second kappa shape index (κ2) is 14.6. The zero-order valence-electron chi connectivity index (χ0n) is 27.2. The predicted octanol–water partition coefficient (Wildman–Crippen LogP) is 5.09. The highest BCUT2D eigenvalue weighted by Crippen LogP contribution is 2.37. The lowest BCUT2D eigenvalue weighted by Crippen LogP contribution is -2.48. The molecule has 1 unspecified atom stereocenters. The molecule has 6 rings (SSSR count). The van der Waals surface area contributed by atoms with Crippen molar-refractivity contribution in [3.05, 3.63) is 89.2 Å². The first-order valence-electron chi connectivity index (χ1n) is 16.6. The number of hydrogen-bond acceptors (Lipinski definition) is 6. The fourth-order valence-corrected chi connectivity index (χ4v) is 6.68. The van der Waals surface area contributed by atoms with Crippen LogP contribution in [-0.4, -0.2) is 80.1 Å². The highest BCUT2D eigenvalue weighted by molar-refractivity contribution is 6.24. The number of likely N-dealkylation sites (N-methyl/N-ethyl adjacent to an activating group) is 2. The summed E-state index contributed by atoms with van der Waals surface area (Å²) in [5, 5.41) is 5.92. The molecule has 0 aromatic heterocycles. The van der Waals surface area contributed by atoms with Crippen molar-refractivity contribution in [2.24, 2.45) is 10.9 Å². The van der Waals surface area contributed by atoms with Crippen molar-refractivity contribution in [2.75, 3.05) is 57.0 Å². The summed E-state index contributed by atoms with van der Waals surface area (Å²) in [7, 11) is 3.87. The van der Waals surface area contributed by atoms with Crippen molar-refractivity contribution in [3.8, 4) is 0 Å². The summed E-state index contributed by atoms with van der Waals surface area (Å²) in [4.78, 5) is 50.4. The van der Waals surface area contributed by atoms with Crippen LogP contribution < -0.4 is 15.5 Å². The van der Waals surface area contributed by atoms with Crippen molar-refractivity contribution >= 4 is 40.5 Å². The summed E-state index contributed by atoms with van der Waals surface area (Å²) in [6.45, 7) is 4.36. The van der Waals surface area contributed by atoms with Gasteiger partial charge in [-0.25, -0.2) is 4.39 Å². The molecular formula is C37H43FN6O3. The van der Waals surface area contributed by atoms with E-state index >= 15 is 0 Å². The minimum Gasteiger partial charge on any atom is -0.352 e. The molecule has 9 nitrogen and oxygen atoms in total. The fourth-order valence-electron chi connectivity index (χ4n) is 6.68. The number of hydrogen-bond donors (Lipinski definition) is 2. The zero-order chi connectivity index (χ0) is 32.9. The van der Waals surface area contributed by atoms with Crippen LogP contribution in [0.25, 0.3) is 0 Å². The van der Waals surface area contributed by atoms with Crippen molar-refractivity contribution < 1.29 is 18.8 Å². The number of carbonyl (C=O) groups excluding carboxylic acids is 3. The first kappa shape index (κ1) is 32.5. The van der Waals surface area contributed by atoms with Crippen molar-refractivity contribution in [1.82, 2.24) is 15.1 Å². The number of nitrogens with one attached hydrogen (secondary N) is 2. The third-order valence-electron chi connectivity index (χ3n) is 9.60. The number of nitrogens with zero attached hydrogens (tertiary/aromatic N) is 4. The van der Waals surface area contributed by atoms with E-state index in [0.717, 1.165) is 68.7 Å². The summed E-state index contributed by atoms with van der Waals surface area (Å²) >= 11 is 0. The average molecular weight is 639 g/mol. The molecule has 2 heterocycles. The van der Waals surface area contributed by atoms with Gasteiger partial charge < -0.3 is 20.4 Å². The van der Waals surface area contributed by atoms with Gasteiger partial charge in [0.1, 0.15) is 11.7 Å². The van der Waals surface area contributed by atoms with Crippen LogP contribution in [0.2, 0.25) is 0 Å². The molecule has 3 aromatic carbocycles. The van der Waals surface area contributed by atoms with Gasteiger partial charge in [-0.15, -0.1) is 0 Å². The highest BCUT2D eigenvalue weighted by atomic mass is 19.1. The van der Waals surface area contributed by atoms with Crippen LogP contribution in [0.5, 0.6) is 0 Å². The van der Waals surface area contributed by atoms with E-state index in [-0.39, 0.29) is 23.6 Å². The van der Waals surface area contributed by atoms with Crippen LogP contribution in [0.1, 0.15) is 54.7 Å². The second-order valence-corrected chi connectivity index (χ2v) is 13.0. The average Bonchev–Trinajstić information content (AvgIpc) is 3.41. The monoisotopic (exact) mass is 638 g/mol. The van der Waals surface area contributed by atoms with Crippen LogP contribution >= 0.6 is 0 Å². The highest BCUT2D eigenvalue weighted by Gasteiger charge is 2.36. The van der Waals surface area contributed by atoms with Crippen molar-refractivity contribution in [2.45, 2.75) is 44.6 Å². The molecule has 0 bridgehead atoms. The molecule has 0 radical (unpaired) electrons. The van der Waals surface area contributed by atoms with Gasteiger partial charge in [-0.3, -0.25) is 24.3 Å². The summed E-state index contributed by atoms with van der Waals surface area (Å²) in [6.07, 6.45) is 5.22. The number of rotatable bonds is 9. The zero-order valence-corrected chi connectivity index (χ0v) is 27.2. The van der Waals surface area contributed by atoms with Crippen LogP contribution in [0, 0.1) is 11.7 Å². The minimum atomic E-state index is -0.759. The molecule has 47 heavy (non-hydrogen) atoms. The van der Waals surface area contributed by atoms with Gasteiger partial charge in [0, 0.05) is 57.1 Å². The lowest BCUT2D eigenvalue weighted by atomic mass is 9.88. The van der Waals surface area contributed by atoms with Gasteiger partial charge in [0.05, 0.1) is 17.9 Å². The molecule has 2 aliphatic heterocycles. The Hall–Kier alpha value is -4.41. The maximum absolute atomic E-state index is 14.1. The van der Waals surface area contributed by atoms with Crippen LogP contribution in [-0.2, 0) is 20.9 Å². The SMILES string of the molecule is CN1CCN(CC(=O)N(C)c2ccc(N=C(c3cccc(CNC(=O)C4CCCCC4)c3)C3C(=O)Nc4cc(F)ccc43)cc2)CC1. The number of aliphatic imine (C=N–C) groups is 1. The van der Waals surface area contributed by atoms with E-state index in [4.69, 9.17) is 4.99 Å². The van der Waals surface area contributed by atoms with Crippen LogP contribution in [0.4, 0.5) is 21.5 Å². The number of halogens is 1. The molecule has 1 saturated heterocycles. The molecule has 2 fully saturated rings. The van der Waals surface area contributed by atoms with E-state index in [1.807, 2.05) is 48.5 Å². The predicted molar refractivity (Wildman–Crippen MR) is 183 cm³/mol. The fraction of sp³-hybridized carbons (Fsp3) is 0.405. The Labute approximate surface area is 275 Å². The van der Waals surface area contributed by atoms with Gasteiger partial charge in [-0.1, -0.05) is 43.5 Å². The summed E-state index contributed by atoms with van der Waals surface area (Å²) < 4.78 is 14.1.